The molecule has 3 heterocycles. The molecule has 0 N–H and O–H groups in total. The molecule has 1 aromatic carbocycles. The maximum absolute atomic E-state index is 14.7. The number of carbonyl (C=O) groups excluding carboxylic acids is 1. The van der Waals surface area contributed by atoms with Crippen LogP contribution in [0.1, 0.15) is 12.0 Å². The Morgan fingerprint density at radius 3 is 2.72 bits per heavy atom. The molecule has 0 bridgehead atoms. The van der Waals surface area contributed by atoms with Gasteiger partial charge in [-0.15, -0.1) is 5.10 Å². The fraction of sp³-hybridized carbons (Fsp3) is 0.353. The molecule has 4 rings (SSSR count). The number of amides is 1. The topological polar surface area (TPSA) is 94.4 Å². The Bertz CT molecular complexity index is 1120. The van der Waals surface area contributed by atoms with E-state index in [9.17, 15) is 22.0 Å². The van der Waals surface area contributed by atoms with Crippen molar-refractivity contribution in [2.24, 2.45) is 0 Å². The third-order valence-corrected chi connectivity index (χ3v) is 6.50. The summed E-state index contributed by atoms with van der Waals surface area (Å²) in [6.45, 7) is -0.0226. The van der Waals surface area contributed by atoms with Crippen molar-refractivity contribution in [3.05, 3.63) is 46.8 Å². The summed E-state index contributed by atoms with van der Waals surface area (Å²) in [6, 6.07) is 4.25. The summed E-state index contributed by atoms with van der Waals surface area (Å²) >= 11 is 5.51. The van der Waals surface area contributed by atoms with Crippen LogP contribution in [0.25, 0.3) is 5.57 Å². The molecule has 0 unspecified atom stereocenters. The maximum Gasteiger partial charge on any atom is 0.414 e. The zero-order chi connectivity index (χ0) is 20.8. The lowest BCUT2D eigenvalue weighted by atomic mass is 10.0. The predicted molar refractivity (Wildman–Crippen MR) is 100 cm³/mol. The van der Waals surface area contributed by atoms with E-state index < -0.39 is 33.8 Å². The summed E-state index contributed by atoms with van der Waals surface area (Å²) in [5, 5.41) is 6.54. The van der Waals surface area contributed by atoms with E-state index in [1.807, 2.05) is 0 Å². The van der Waals surface area contributed by atoms with Crippen LogP contribution in [0.2, 0.25) is 5.15 Å². The molecule has 8 nitrogen and oxygen atoms in total. The Morgan fingerprint density at radius 1 is 1.31 bits per heavy atom. The van der Waals surface area contributed by atoms with Gasteiger partial charge >= 0.3 is 6.09 Å². The third-order valence-electron chi connectivity index (χ3n) is 4.76. The second kappa shape index (κ2) is 7.38. The standard InChI is InChI=1S/C17H15ClF2N4O4S/c18-15-16(20)24(22-21-15)9-12-8-23(17(25)28-12)11-1-2-13(14(19)7-11)10-3-5-29(26,27)6-4-10/h1-3,7,12H,4-6,8-9H2/t12-/m1/s1. The summed E-state index contributed by atoms with van der Waals surface area (Å²) in [4.78, 5) is 13.4. The number of nitrogens with zero attached hydrogens (tertiary/aromatic N) is 4. The minimum absolute atomic E-state index is 0.0248. The molecule has 154 valence electrons. The fourth-order valence-electron chi connectivity index (χ4n) is 3.27. The average Bonchev–Trinajstić information content (AvgIpc) is 3.19. The Kier molecular flexibility index (Phi) is 5.03. The maximum atomic E-state index is 14.7. The Labute approximate surface area is 169 Å². The van der Waals surface area contributed by atoms with Gasteiger partial charge in [0.25, 0.3) is 5.95 Å². The minimum atomic E-state index is -3.11. The van der Waals surface area contributed by atoms with Crippen LogP contribution in [0, 0.1) is 11.8 Å². The van der Waals surface area contributed by atoms with Crippen LogP contribution in [-0.4, -0.2) is 53.7 Å². The number of hydrogen-bond acceptors (Lipinski definition) is 6. The first-order valence-corrected chi connectivity index (χ1v) is 10.9. The van der Waals surface area contributed by atoms with Crippen LogP contribution in [-0.2, 0) is 21.1 Å². The number of rotatable bonds is 4. The van der Waals surface area contributed by atoms with Gasteiger partial charge in [0.15, 0.2) is 9.84 Å². The molecule has 12 heteroatoms. The van der Waals surface area contributed by atoms with Gasteiger partial charge in [-0.05, 0) is 30.2 Å². The highest BCUT2D eigenvalue weighted by Gasteiger charge is 2.34. The van der Waals surface area contributed by atoms with Crippen molar-refractivity contribution in [3.63, 3.8) is 0 Å². The number of cyclic esters (lactones) is 1. The highest BCUT2D eigenvalue weighted by Crippen LogP contribution is 2.30. The number of allylic oxidation sites excluding steroid dienone is 1. The van der Waals surface area contributed by atoms with Crippen molar-refractivity contribution in [3.8, 4) is 0 Å². The van der Waals surface area contributed by atoms with E-state index in [2.05, 4.69) is 10.3 Å². The molecule has 29 heavy (non-hydrogen) atoms. The summed E-state index contributed by atoms with van der Waals surface area (Å²) in [7, 11) is -3.11. The SMILES string of the molecule is O=C1O[C@@H](Cn2nnc(Cl)c2F)CN1c1ccc(C2=CCS(=O)(=O)CC2)c(F)c1. The summed E-state index contributed by atoms with van der Waals surface area (Å²) in [5.41, 5.74) is 1.19. The summed E-state index contributed by atoms with van der Waals surface area (Å²) in [6.07, 6.45) is 0.327. The lowest BCUT2D eigenvalue weighted by Gasteiger charge is -2.17. The monoisotopic (exact) mass is 444 g/mol. The molecule has 0 radical (unpaired) electrons. The van der Waals surface area contributed by atoms with E-state index >= 15 is 0 Å². The van der Waals surface area contributed by atoms with Crippen LogP contribution in [0.3, 0.4) is 0 Å². The molecule has 2 aliphatic heterocycles. The molecule has 1 aromatic heterocycles. The van der Waals surface area contributed by atoms with Gasteiger partial charge in [-0.2, -0.15) is 4.39 Å². The second-order valence-electron chi connectivity index (χ2n) is 6.73. The molecule has 1 fully saturated rings. The number of halogens is 3. The van der Waals surface area contributed by atoms with E-state index in [-0.39, 0.29) is 41.9 Å². The highest BCUT2D eigenvalue weighted by atomic mass is 35.5. The fourth-order valence-corrected chi connectivity index (χ4v) is 4.56. The summed E-state index contributed by atoms with van der Waals surface area (Å²) < 4.78 is 57.5. The molecule has 0 spiro atoms. The number of carbonyl (C=O) groups is 1. The largest absolute Gasteiger partial charge is 0.442 e. The van der Waals surface area contributed by atoms with E-state index in [0.717, 1.165) is 4.68 Å². The molecular weight excluding hydrogens is 430 g/mol. The Morgan fingerprint density at radius 2 is 2.10 bits per heavy atom. The van der Waals surface area contributed by atoms with Crippen molar-refractivity contribution in [1.82, 2.24) is 15.0 Å². The second-order valence-corrected chi connectivity index (χ2v) is 9.31. The number of aromatic nitrogens is 3. The molecule has 0 aliphatic carbocycles. The van der Waals surface area contributed by atoms with E-state index in [1.54, 1.807) is 6.07 Å². The first-order valence-electron chi connectivity index (χ1n) is 8.65. The van der Waals surface area contributed by atoms with Gasteiger partial charge in [0, 0.05) is 5.56 Å². The van der Waals surface area contributed by atoms with Crippen LogP contribution >= 0.6 is 11.6 Å². The zero-order valence-electron chi connectivity index (χ0n) is 14.9. The molecule has 2 aliphatic rings. The smallest absolute Gasteiger partial charge is 0.414 e. The van der Waals surface area contributed by atoms with Gasteiger partial charge in [0.05, 0.1) is 30.3 Å². The quantitative estimate of drug-likeness (QED) is 0.719. The van der Waals surface area contributed by atoms with Crippen LogP contribution < -0.4 is 4.90 Å². The molecule has 2 aromatic rings. The van der Waals surface area contributed by atoms with Gasteiger partial charge in [0.1, 0.15) is 11.9 Å². The van der Waals surface area contributed by atoms with Gasteiger partial charge in [-0.3, -0.25) is 4.90 Å². The molecular formula is C17H15ClF2N4O4S. The number of sulfone groups is 1. The van der Waals surface area contributed by atoms with Gasteiger partial charge in [-0.25, -0.2) is 22.3 Å². The molecule has 1 amide bonds. The average molecular weight is 445 g/mol. The minimum Gasteiger partial charge on any atom is -0.442 e. The Balaban J connectivity index is 1.50. The van der Waals surface area contributed by atoms with Crippen LogP contribution in [0.15, 0.2) is 24.3 Å². The van der Waals surface area contributed by atoms with Gasteiger partial charge in [0.2, 0.25) is 5.15 Å². The highest BCUT2D eigenvalue weighted by molar-refractivity contribution is 7.91. The Hall–Kier alpha value is -2.53. The molecule has 0 saturated carbocycles. The van der Waals surface area contributed by atoms with Crippen molar-refractivity contribution in [1.29, 1.82) is 0 Å². The van der Waals surface area contributed by atoms with Gasteiger partial charge in [-0.1, -0.05) is 22.9 Å². The number of hydrogen-bond donors (Lipinski definition) is 0. The normalized spacial score (nSPS) is 21.2. The first kappa shape index (κ1) is 19.8. The first-order chi connectivity index (χ1) is 13.7. The zero-order valence-corrected chi connectivity index (χ0v) is 16.5. The van der Waals surface area contributed by atoms with E-state index in [4.69, 9.17) is 16.3 Å². The molecule has 1 atom stereocenters. The van der Waals surface area contributed by atoms with Crippen molar-refractivity contribution >= 4 is 38.8 Å². The lowest BCUT2D eigenvalue weighted by molar-refractivity contribution is 0.126. The van der Waals surface area contributed by atoms with E-state index in [0.29, 0.717) is 11.1 Å². The number of benzene rings is 1. The van der Waals surface area contributed by atoms with Crippen molar-refractivity contribution in [2.75, 3.05) is 23.0 Å². The van der Waals surface area contributed by atoms with Crippen molar-refractivity contribution in [2.45, 2.75) is 19.1 Å². The number of anilines is 1. The molecule has 1 saturated heterocycles. The van der Waals surface area contributed by atoms with Gasteiger partial charge < -0.3 is 4.74 Å². The predicted octanol–water partition coefficient (Wildman–Crippen LogP) is 2.44. The van der Waals surface area contributed by atoms with Crippen LogP contribution in [0.5, 0.6) is 0 Å². The van der Waals surface area contributed by atoms with Crippen molar-refractivity contribution < 1.29 is 26.7 Å². The third kappa shape index (κ3) is 3.97. The lowest BCUT2D eigenvalue weighted by Crippen LogP contribution is -2.26. The van der Waals surface area contributed by atoms with Crippen LogP contribution in [0.4, 0.5) is 19.3 Å². The number of ether oxygens (including phenoxy) is 1. The van der Waals surface area contributed by atoms with E-state index in [1.165, 1.54) is 23.1 Å². The summed E-state index contributed by atoms with van der Waals surface area (Å²) in [5.74, 6) is -1.55.